The van der Waals surface area contributed by atoms with Gasteiger partial charge in [0.1, 0.15) is 23.8 Å². The second-order valence-electron chi connectivity index (χ2n) is 11.1. The molecule has 0 atom stereocenters. The number of anilines is 2. The number of nitrogens with zero attached hydrogens (tertiary/aromatic N) is 1. The van der Waals surface area contributed by atoms with Crippen LogP contribution in [0.5, 0.6) is 11.5 Å². The topological polar surface area (TPSA) is 119 Å². The highest BCUT2D eigenvalue weighted by atomic mass is 32.2. The number of hydrogen-bond acceptors (Lipinski definition) is 8. The molecule has 1 heterocycles. The van der Waals surface area contributed by atoms with Gasteiger partial charge >= 0.3 is 0 Å². The van der Waals surface area contributed by atoms with Crippen LogP contribution in [0, 0.1) is 0 Å². The average molecular weight is 715 g/mol. The average Bonchev–Trinajstić information content (AvgIpc) is 3.56. The number of thiazole rings is 1. The Labute approximate surface area is 303 Å². The number of amides is 3. The summed E-state index contributed by atoms with van der Waals surface area (Å²) in [4.78, 5) is 44.8. The third-order valence-electron chi connectivity index (χ3n) is 7.35. The quantitative estimate of drug-likeness (QED) is 0.0766. The molecule has 0 unspecified atom stereocenters. The molecule has 0 spiro atoms. The fraction of sp³-hybridized carbons (Fsp3) is 0.100. The molecule has 0 bridgehead atoms. The molecule has 1 aromatic heterocycles. The Bertz CT molecular complexity index is 2150. The first-order valence-corrected chi connectivity index (χ1v) is 17.9. The fourth-order valence-corrected chi connectivity index (χ4v) is 6.56. The second-order valence-corrected chi connectivity index (χ2v) is 13.2. The number of nitrogens with one attached hydrogen (secondary N) is 3. The van der Waals surface area contributed by atoms with Crippen molar-refractivity contribution in [2.24, 2.45) is 0 Å². The van der Waals surface area contributed by atoms with E-state index in [9.17, 15) is 14.4 Å². The minimum atomic E-state index is -0.507. The summed E-state index contributed by atoms with van der Waals surface area (Å²) in [6.07, 6.45) is 1.61. The first-order valence-electron chi connectivity index (χ1n) is 16.1. The van der Waals surface area contributed by atoms with Gasteiger partial charge in [0, 0.05) is 16.1 Å². The summed E-state index contributed by atoms with van der Waals surface area (Å²) in [7, 11) is 0. The molecule has 0 aliphatic carbocycles. The number of thioether (sulfide) groups is 1. The van der Waals surface area contributed by atoms with Crippen LogP contribution in [0.4, 0.5) is 10.8 Å². The summed E-state index contributed by atoms with van der Waals surface area (Å²) < 4.78 is 12.4. The summed E-state index contributed by atoms with van der Waals surface area (Å²) in [5, 5.41) is 9.03. The van der Waals surface area contributed by atoms with Crippen molar-refractivity contribution < 1.29 is 23.9 Å². The number of rotatable bonds is 14. The van der Waals surface area contributed by atoms with Crippen molar-refractivity contribution in [1.82, 2.24) is 10.3 Å². The van der Waals surface area contributed by atoms with Crippen LogP contribution in [0.3, 0.4) is 0 Å². The molecule has 0 fully saturated rings. The summed E-state index contributed by atoms with van der Waals surface area (Å²) in [5.74, 6) is 0.443. The van der Waals surface area contributed by atoms with Crippen molar-refractivity contribution in [2.75, 3.05) is 23.0 Å². The van der Waals surface area contributed by atoms with E-state index >= 15 is 0 Å². The van der Waals surface area contributed by atoms with Crippen molar-refractivity contribution in [2.45, 2.75) is 18.4 Å². The number of benzene rings is 5. The molecule has 3 amide bonds. The van der Waals surface area contributed by atoms with E-state index in [1.807, 2.05) is 91.9 Å². The molecule has 6 rings (SSSR count). The third kappa shape index (κ3) is 10.1. The largest absolute Gasteiger partial charge is 0.494 e. The van der Waals surface area contributed by atoms with Crippen LogP contribution in [0.1, 0.15) is 28.4 Å². The van der Waals surface area contributed by atoms with Crippen molar-refractivity contribution >= 4 is 67.9 Å². The van der Waals surface area contributed by atoms with Gasteiger partial charge in [-0.1, -0.05) is 78.1 Å². The summed E-state index contributed by atoms with van der Waals surface area (Å²) >= 11 is 2.71. The minimum absolute atomic E-state index is 0.0588. The van der Waals surface area contributed by atoms with E-state index in [1.165, 1.54) is 23.1 Å². The number of ether oxygens (including phenoxy) is 2. The first kappa shape index (κ1) is 34.9. The van der Waals surface area contributed by atoms with Gasteiger partial charge in [0.15, 0.2) is 5.13 Å². The first-order chi connectivity index (χ1) is 24.9. The van der Waals surface area contributed by atoms with E-state index in [0.717, 1.165) is 26.4 Å². The molecule has 0 aliphatic rings. The monoisotopic (exact) mass is 714 g/mol. The van der Waals surface area contributed by atoms with Crippen molar-refractivity contribution in [3.05, 3.63) is 150 Å². The van der Waals surface area contributed by atoms with Crippen LogP contribution in [-0.4, -0.2) is 35.1 Å². The van der Waals surface area contributed by atoms with Crippen molar-refractivity contribution in [3.63, 3.8) is 0 Å². The van der Waals surface area contributed by atoms with Gasteiger partial charge in [-0.2, -0.15) is 0 Å². The highest BCUT2D eigenvalue weighted by molar-refractivity contribution is 8.00. The fourth-order valence-electron chi connectivity index (χ4n) is 4.89. The standard InChI is InChI=1S/C40H34N4O5S2/c1-2-48-32-20-21-34-36(24-32)51-40(43-34)44-37(45)26-50-33-15-9-14-30(23-33)41-39(47)35(42-38(46)29-12-7-4-8-13-29)22-27-16-18-31(19-17-27)49-25-28-10-5-3-6-11-28/h3-24H,2,25-26H2,1H3,(H,41,47)(H,42,46)(H,43,44,45)/b35-22-. The van der Waals surface area contributed by atoms with E-state index in [4.69, 9.17) is 9.47 Å². The van der Waals surface area contributed by atoms with Crippen LogP contribution in [0.25, 0.3) is 16.3 Å². The summed E-state index contributed by atoms with van der Waals surface area (Å²) in [6, 6.07) is 38.6. The molecule has 0 saturated carbocycles. The molecular weight excluding hydrogens is 681 g/mol. The maximum atomic E-state index is 13.6. The highest BCUT2D eigenvalue weighted by Gasteiger charge is 2.16. The maximum absolute atomic E-state index is 13.6. The molecule has 0 radical (unpaired) electrons. The van der Waals surface area contributed by atoms with E-state index in [-0.39, 0.29) is 17.4 Å². The van der Waals surface area contributed by atoms with Gasteiger partial charge in [0.05, 0.1) is 22.6 Å². The predicted octanol–water partition coefficient (Wildman–Crippen LogP) is 8.41. The number of hydrogen-bond donors (Lipinski definition) is 3. The van der Waals surface area contributed by atoms with Gasteiger partial charge in [0.2, 0.25) is 5.91 Å². The number of fused-ring (bicyclic) bond motifs is 1. The van der Waals surface area contributed by atoms with Gasteiger partial charge in [-0.15, -0.1) is 11.8 Å². The normalized spacial score (nSPS) is 11.1. The second kappa shape index (κ2) is 17.1. The van der Waals surface area contributed by atoms with E-state index in [0.29, 0.717) is 40.9 Å². The summed E-state index contributed by atoms with van der Waals surface area (Å²) in [5.41, 5.74) is 3.51. The molecule has 0 saturated heterocycles. The maximum Gasteiger partial charge on any atom is 0.272 e. The number of aromatic nitrogens is 1. The lowest BCUT2D eigenvalue weighted by Gasteiger charge is -2.12. The Balaban J connectivity index is 1.10. The Morgan fingerprint density at radius 1 is 0.784 bits per heavy atom. The summed E-state index contributed by atoms with van der Waals surface area (Å²) in [6.45, 7) is 2.92. The Morgan fingerprint density at radius 3 is 2.29 bits per heavy atom. The number of carbonyl (C=O) groups is 3. The Kier molecular flexibility index (Phi) is 11.7. The SMILES string of the molecule is CCOc1ccc2nc(NC(=O)CSc3cccc(NC(=O)/C(=C/c4ccc(OCc5ccccc5)cc4)NC(=O)c4ccccc4)c3)sc2c1. The molecule has 6 aromatic rings. The molecule has 11 heteroatoms. The van der Waals surface area contributed by atoms with Gasteiger partial charge in [0.25, 0.3) is 11.8 Å². The van der Waals surface area contributed by atoms with Gasteiger partial charge in [-0.25, -0.2) is 4.98 Å². The van der Waals surface area contributed by atoms with Crippen molar-refractivity contribution in [3.8, 4) is 11.5 Å². The zero-order valence-corrected chi connectivity index (χ0v) is 29.3. The minimum Gasteiger partial charge on any atom is -0.494 e. The lowest BCUT2D eigenvalue weighted by Crippen LogP contribution is -2.30. The van der Waals surface area contributed by atoms with E-state index in [1.54, 1.807) is 48.5 Å². The van der Waals surface area contributed by atoms with Crippen molar-refractivity contribution in [1.29, 1.82) is 0 Å². The molecule has 51 heavy (non-hydrogen) atoms. The zero-order chi connectivity index (χ0) is 35.4. The Hall–Kier alpha value is -5.91. The van der Waals surface area contributed by atoms with Crippen LogP contribution in [0.2, 0.25) is 0 Å². The van der Waals surface area contributed by atoms with Gasteiger partial charge in [-0.05, 0) is 84.8 Å². The zero-order valence-electron chi connectivity index (χ0n) is 27.6. The van der Waals surface area contributed by atoms with Crippen LogP contribution in [0.15, 0.2) is 138 Å². The molecule has 256 valence electrons. The smallest absolute Gasteiger partial charge is 0.272 e. The van der Waals surface area contributed by atoms with Crippen LogP contribution < -0.4 is 25.4 Å². The van der Waals surface area contributed by atoms with Gasteiger partial charge < -0.3 is 25.4 Å². The third-order valence-corrected chi connectivity index (χ3v) is 9.27. The predicted molar refractivity (Wildman–Crippen MR) is 204 cm³/mol. The molecule has 5 aromatic carbocycles. The lowest BCUT2D eigenvalue weighted by molar-refractivity contribution is -0.114. The van der Waals surface area contributed by atoms with Crippen LogP contribution in [-0.2, 0) is 16.2 Å². The Morgan fingerprint density at radius 2 is 1.53 bits per heavy atom. The molecular formula is C40H34N4O5S2. The highest BCUT2D eigenvalue weighted by Crippen LogP contribution is 2.30. The van der Waals surface area contributed by atoms with Crippen LogP contribution >= 0.6 is 23.1 Å². The van der Waals surface area contributed by atoms with Gasteiger partial charge in [-0.3, -0.25) is 14.4 Å². The van der Waals surface area contributed by atoms with E-state index in [2.05, 4.69) is 20.9 Å². The number of carbonyl (C=O) groups excluding carboxylic acids is 3. The lowest BCUT2D eigenvalue weighted by atomic mass is 10.1. The molecule has 0 aliphatic heterocycles. The molecule has 3 N–H and O–H groups in total. The van der Waals surface area contributed by atoms with E-state index < -0.39 is 11.8 Å². The molecule has 9 nitrogen and oxygen atoms in total.